The summed E-state index contributed by atoms with van der Waals surface area (Å²) < 4.78 is 6.25. The van der Waals surface area contributed by atoms with Gasteiger partial charge >= 0.3 is 0 Å². The van der Waals surface area contributed by atoms with Crippen molar-refractivity contribution < 1.29 is 9.34 Å². The summed E-state index contributed by atoms with van der Waals surface area (Å²) >= 11 is 5.73. The Kier molecular flexibility index (Phi) is 5.35. The first-order valence-electron chi connectivity index (χ1n) is 10.4. The van der Waals surface area contributed by atoms with E-state index in [0.717, 1.165) is 16.9 Å². The fraction of sp³-hybridized carbons (Fsp3) is 0.120. The van der Waals surface area contributed by atoms with Gasteiger partial charge in [0.25, 0.3) is 5.69 Å². The van der Waals surface area contributed by atoms with Gasteiger partial charge in [0.15, 0.2) is 5.11 Å². The summed E-state index contributed by atoms with van der Waals surface area (Å²) in [5.74, 6) is 1.06. The van der Waals surface area contributed by atoms with Gasteiger partial charge in [-0.2, -0.15) is 0 Å². The molecular weight excluding hydrogens is 436 g/mol. The molecule has 3 heterocycles. The second-order valence-electron chi connectivity index (χ2n) is 7.81. The van der Waals surface area contributed by atoms with E-state index in [1.165, 1.54) is 6.07 Å². The van der Waals surface area contributed by atoms with Gasteiger partial charge in [0.2, 0.25) is 0 Å². The van der Waals surface area contributed by atoms with Crippen LogP contribution in [0.5, 0.6) is 0 Å². The third-order valence-electron chi connectivity index (χ3n) is 5.66. The number of nitrogens with zero attached hydrogens (tertiary/aromatic N) is 3. The van der Waals surface area contributed by atoms with Crippen molar-refractivity contribution in [2.45, 2.75) is 19.0 Å². The van der Waals surface area contributed by atoms with Crippen LogP contribution in [-0.2, 0) is 0 Å². The molecule has 1 fully saturated rings. The highest BCUT2D eigenvalue weighted by atomic mass is 32.1. The molecule has 4 aromatic rings. The number of para-hydroxylation sites is 1. The fourth-order valence-electron chi connectivity index (χ4n) is 4.20. The maximum atomic E-state index is 11.5. The zero-order valence-corrected chi connectivity index (χ0v) is 18.5. The molecule has 0 radical (unpaired) electrons. The minimum Gasteiger partial charge on any atom is -0.459 e. The van der Waals surface area contributed by atoms with Crippen LogP contribution in [0, 0.1) is 17.0 Å². The molecule has 0 amide bonds. The summed E-state index contributed by atoms with van der Waals surface area (Å²) in [6.45, 7) is 2.03. The summed E-state index contributed by atoms with van der Waals surface area (Å²) in [6.07, 6.45) is 1.74. The van der Waals surface area contributed by atoms with Gasteiger partial charge in [0.05, 0.1) is 22.2 Å². The van der Waals surface area contributed by atoms with E-state index in [2.05, 4.69) is 16.4 Å². The van der Waals surface area contributed by atoms with E-state index in [0.29, 0.717) is 22.2 Å². The van der Waals surface area contributed by atoms with E-state index in [-0.39, 0.29) is 17.8 Å². The molecule has 1 saturated heterocycles. The largest absolute Gasteiger partial charge is 0.459 e. The Labute approximate surface area is 195 Å². The Bertz CT molecular complexity index is 1340. The van der Waals surface area contributed by atoms with Gasteiger partial charge < -0.3 is 14.6 Å². The molecule has 2 unspecified atom stereocenters. The van der Waals surface area contributed by atoms with Crippen LogP contribution in [0.1, 0.15) is 29.1 Å². The number of benzene rings is 2. The summed E-state index contributed by atoms with van der Waals surface area (Å²) in [4.78, 5) is 17.7. The first-order valence-corrected chi connectivity index (χ1v) is 10.8. The van der Waals surface area contributed by atoms with Gasteiger partial charge in [-0.05, 0) is 67.2 Å². The molecule has 1 aliphatic rings. The Balaban J connectivity index is 1.62. The van der Waals surface area contributed by atoms with Crippen LogP contribution < -0.4 is 10.2 Å². The van der Waals surface area contributed by atoms with Crippen LogP contribution in [0.15, 0.2) is 89.5 Å². The third kappa shape index (κ3) is 3.85. The number of anilines is 1. The summed E-state index contributed by atoms with van der Waals surface area (Å²) in [5, 5.41) is 15.5. The molecule has 2 aromatic carbocycles. The smallest absolute Gasteiger partial charge is 0.280 e. The van der Waals surface area contributed by atoms with Crippen molar-refractivity contribution in [1.82, 2.24) is 10.3 Å². The van der Waals surface area contributed by atoms with Gasteiger partial charge in [-0.3, -0.25) is 15.1 Å². The summed E-state index contributed by atoms with van der Waals surface area (Å²) in [6, 6.07) is 23.4. The molecule has 2 atom stereocenters. The van der Waals surface area contributed by atoms with Crippen molar-refractivity contribution in [3.8, 4) is 11.3 Å². The summed E-state index contributed by atoms with van der Waals surface area (Å²) in [7, 11) is 0. The van der Waals surface area contributed by atoms with Crippen molar-refractivity contribution in [1.29, 1.82) is 0 Å². The van der Waals surface area contributed by atoms with E-state index < -0.39 is 4.92 Å². The Morgan fingerprint density at radius 2 is 1.88 bits per heavy atom. The highest BCUT2D eigenvalue weighted by Crippen LogP contribution is 2.43. The lowest BCUT2D eigenvalue weighted by Crippen LogP contribution is -2.29. The number of pyridine rings is 1. The lowest BCUT2D eigenvalue weighted by Gasteiger charge is -2.26. The van der Waals surface area contributed by atoms with Gasteiger partial charge in [0, 0.05) is 18.0 Å². The predicted molar refractivity (Wildman–Crippen MR) is 130 cm³/mol. The van der Waals surface area contributed by atoms with Crippen molar-refractivity contribution >= 4 is 28.7 Å². The van der Waals surface area contributed by atoms with Gasteiger partial charge in [-0.1, -0.05) is 30.3 Å². The molecule has 33 heavy (non-hydrogen) atoms. The highest BCUT2D eigenvalue weighted by molar-refractivity contribution is 7.80. The molecule has 0 spiro atoms. The molecule has 5 rings (SSSR count). The van der Waals surface area contributed by atoms with Gasteiger partial charge in [-0.15, -0.1) is 0 Å². The number of nitro benzene ring substituents is 1. The second-order valence-corrected chi connectivity index (χ2v) is 8.20. The number of aromatic nitrogens is 1. The fourth-order valence-corrected chi connectivity index (χ4v) is 4.54. The van der Waals surface area contributed by atoms with E-state index in [9.17, 15) is 10.1 Å². The highest BCUT2D eigenvalue weighted by Gasteiger charge is 2.42. The van der Waals surface area contributed by atoms with Crippen LogP contribution in [0.2, 0.25) is 0 Å². The molecule has 7 nitrogen and oxygen atoms in total. The molecule has 8 heteroatoms. The predicted octanol–water partition coefficient (Wildman–Crippen LogP) is 5.74. The molecule has 1 N–H and O–H groups in total. The quantitative estimate of drug-likeness (QED) is 0.233. The van der Waals surface area contributed by atoms with Crippen LogP contribution in [-0.4, -0.2) is 15.0 Å². The maximum Gasteiger partial charge on any atom is 0.280 e. The van der Waals surface area contributed by atoms with Crippen LogP contribution in [0.4, 0.5) is 11.4 Å². The number of hydrogen-bond acceptors (Lipinski definition) is 5. The third-order valence-corrected chi connectivity index (χ3v) is 5.98. The first-order chi connectivity index (χ1) is 16.0. The molecular formula is C25H20N4O3S. The lowest BCUT2D eigenvalue weighted by atomic mass is 10.0. The standard InChI is InChI=1S/C25H20N4O3S/c1-16-7-6-8-17(15-16)28-24(23(27-25(28)33)19-10-4-5-14-26-19)22-13-12-21(32-22)18-9-2-3-11-20(18)29(30)31/h2-15,23-24H,1H3,(H,27,33). The van der Waals surface area contributed by atoms with E-state index in [4.69, 9.17) is 16.6 Å². The Hall–Kier alpha value is -4.04. The van der Waals surface area contributed by atoms with Crippen molar-refractivity contribution in [2.75, 3.05) is 4.90 Å². The van der Waals surface area contributed by atoms with Crippen LogP contribution in [0.3, 0.4) is 0 Å². The number of rotatable bonds is 5. The molecule has 0 bridgehead atoms. The zero-order valence-electron chi connectivity index (χ0n) is 17.7. The summed E-state index contributed by atoms with van der Waals surface area (Å²) in [5.41, 5.74) is 3.28. The molecule has 164 valence electrons. The average Bonchev–Trinajstić information content (AvgIpc) is 3.44. The van der Waals surface area contributed by atoms with Crippen molar-refractivity contribution in [3.05, 3.63) is 112 Å². The second kappa shape index (κ2) is 8.48. The molecule has 2 aromatic heterocycles. The molecule has 0 saturated carbocycles. The van der Waals surface area contributed by atoms with Crippen molar-refractivity contribution in [2.24, 2.45) is 0 Å². The number of hydrogen-bond donors (Lipinski definition) is 1. The van der Waals surface area contributed by atoms with Crippen molar-refractivity contribution in [3.63, 3.8) is 0 Å². The van der Waals surface area contributed by atoms with Crippen LogP contribution in [0.25, 0.3) is 11.3 Å². The molecule has 0 aliphatic carbocycles. The number of nitro groups is 1. The number of nitrogens with one attached hydrogen (secondary N) is 1. The Morgan fingerprint density at radius 3 is 2.64 bits per heavy atom. The number of aryl methyl sites for hydroxylation is 1. The Morgan fingerprint density at radius 1 is 1.06 bits per heavy atom. The zero-order chi connectivity index (χ0) is 22.9. The maximum absolute atomic E-state index is 11.5. The van der Waals surface area contributed by atoms with Gasteiger partial charge in [0.1, 0.15) is 17.6 Å². The SMILES string of the molecule is Cc1cccc(N2C(=S)NC(c3ccccn3)C2c2ccc(-c3ccccc3[N+](=O)[O-])o2)c1. The average molecular weight is 457 g/mol. The van der Waals surface area contributed by atoms with E-state index in [1.807, 2.05) is 54.3 Å². The minimum absolute atomic E-state index is 0.00437. The minimum atomic E-state index is -0.403. The van der Waals surface area contributed by atoms with Crippen LogP contribution >= 0.6 is 12.2 Å². The van der Waals surface area contributed by atoms with E-state index >= 15 is 0 Å². The topological polar surface area (TPSA) is 84.4 Å². The normalized spacial score (nSPS) is 17.7. The van der Waals surface area contributed by atoms with E-state index in [1.54, 1.807) is 30.5 Å². The number of thiocarbonyl (C=S) groups is 1. The van der Waals surface area contributed by atoms with Gasteiger partial charge in [-0.25, -0.2) is 0 Å². The number of furan rings is 1. The molecule has 1 aliphatic heterocycles. The lowest BCUT2D eigenvalue weighted by molar-refractivity contribution is -0.384. The monoisotopic (exact) mass is 456 g/mol. The first kappa shape index (κ1) is 20.8.